The summed E-state index contributed by atoms with van der Waals surface area (Å²) in [7, 11) is 1.52. The molecule has 1 aromatic heterocycles. The van der Waals surface area contributed by atoms with Crippen molar-refractivity contribution in [2.75, 3.05) is 7.11 Å². The van der Waals surface area contributed by atoms with Gasteiger partial charge in [0.2, 0.25) is 5.88 Å². The van der Waals surface area contributed by atoms with Gasteiger partial charge < -0.3 is 4.74 Å². The quantitative estimate of drug-likeness (QED) is 0.734. The van der Waals surface area contributed by atoms with Gasteiger partial charge in [-0.3, -0.25) is 4.79 Å². The highest BCUT2D eigenvalue weighted by molar-refractivity contribution is 5.94. The molecule has 0 unspecified atom stereocenters. The van der Waals surface area contributed by atoms with Gasteiger partial charge in [-0.1, -0.05) is 20.8 Å². The molecule has 0 N–H and O–H groups in total. The lowest BCUT2D eigenvalue weighted by molar-refractivity contribution is 0.0960. The first-order valence-corrected chi connectivity index (χ1v) is 5.31. The Labute approximate surface area is 96.1 Å². The zero-order chi connectivity index (χ0) is 12.2. The molecule has 0 saturated carbocycles. The average Bonchev–Trinajstić information content (AvgIpc) is 2.25. The number of Topliss-reactive ketones (excluding diaryl/α,β-unsaturated/α-hetero) is 1. The lowest BCUT2D eigenvalue weighted by Gasteiger charge is -2.16. The smallest absolute Gasteiger partial charge is 0.216 e. The van der Waals surface area contributed by atoms with Crippen molar-refractivity contribution in [1.29, 1.82) is 0 Å². The maximum atomic E-state index is 11.8. The van der Waals surface area contributed by atoms with Crippen molar-refractivity contribution in [1.82, 2.24) is 9.97 Å². The third-order valence-electron chi connectivity index (χ3n) is 2.24. The Morgan fingerprint density at radius 1 is 1.38 bits per heavy atom. The second kappa shape index (κ2) is 5.05. The summed E-state index contributed by atoms with van der Waals surface area (Å²) in [4.78, 5) is 19.6. The van der Waals surface area contributed by atoms with Crippen molar-refractivity contribution in [3.63, 3.8) is 0 Å². The number of methoxy groups -OCH3 is 1. The standard InChI is InChI=1S/C12H18N2O2/c1-12(2,3)6-5-10(15)9-7-11(16-4)14-8-13-9/h7-8H,5-6H2,1-4H3. The maximum absolute atomic E-state index is 11.8. The first-order valence-electron chi connectivity index (χ1n) is 5.31. The molecule has 0 aliphatic heterocycles. The van der Waals surface area contributed by atoms with E-state index in [2.05, 4.69) is 30.7 Å². The fraction of sp³-hybridized carbons (Fsp3) is 0.583. The fourth-order valence-electron chi connectivity index (χ4n) is 1.22. The van der Waals surface area contributed by atoms with Crippen molar-refractivity contribution < 1.29 is 9.53 Å². The third kappa shape index (κ3) is 3.96. The van der Waals surface area contributed by atoms with Gasteiger partial charge in [0, 0.05) is 12.5 Å². The molecule has 0 atom stereocenters. The molecule has 1 aromatic rings. The van der Waals surface area contributed by atoms with E-state index in [1.165, 1.54) is 13.4 Å². The van der Waals surface area contributed by atoms with Crippen LogP contribution in [0.1, 0.15) is 44.1 Å². The Balaban J connectivity index is 2.66. The van der Waals surface area contributed by atoms with Crippen LogP contribution in [0, 0.1) is 5.41 Å². The molecule has 0 bridgehead atoms. The number of hydrogen-bond donors (Lipinski definition) is 0. The summed E-state index contributed by atoms with van der Waals surface area (Å²) in [5.41, 5.74) is 0.586. The van der Waals surface area contributed by atoms with Crippen molar-refractivity contribution in [3.8, 4) is 5.88 Å². The highest BCUT2D eigenvalue weighted by Crippen LogP contribution is 2.21. The summed E-state index contributed by atoms with van der Waals surface area (Å²) in [5.74, 6) is 0.463. The van der Waals surface area contributed by atoms with Crippen molar-refractivity contribution in [2.45, 2.75) is 33.6 Å². The van der Waals surface area contributed by atoms with Crippen molar-refractivity contribution in [2.24, 2.45) is 5.41 Å². The van der Waals surface area contributed by atoms with Crippen LogP contribution >= 0.6 is 0 Å². The van der Waals surface area contributed by atoms with Crippen LogP contribution in [-0.2, 0) is 0 Å². The summed E-state index contributed by atoms with van der Waals surface area (Å²) in [6, 6.07) is 1.57. The predicted octanol–water partition coefficient (Wildman–Crippen LogP) is 2.49. The molecule has 88 valence electrons. The van der Waals surface area contributed by atoms with Crippen LogP contribution in [0.25, 0.3) is 0 Å². The second-order valence-corrected chi connectivity index (χ2v) is 4.93. The summed E-state index contributed by atoms with van der Waals surface area (Å²) in [6.45, 7) is 6.34. The Morgan fingerprint density at radius 2 is 2.06 bits per heavy atom. The largest absolute Gasteiger partial charge is 0.481 e. The SMILES string of the molecule is COc1cc(C(=O)CCC(C)(C)C)ncn1. The van der Waals surface area contributed by atoms with Gasteiger partial charge >= 0.3 is 0 Å². The van der Waals surface area contributed by atoms with Gasteiger partial charge in [-0.25, -0.2) is 9.97 Å². The molecule has 16 heavy (non-hydrogen) atoms. The van der Waals surface area contributed by atoms with Crippen LogP contribution in [0.2, 0.25) is 0 Å². The Morgan fingerprint density at radius 3 is 2.62 bits per heavy atom. The summed E-state index contributed by atoms with van der Waals surface area (Å²) >= 11 is 0. The minimum Gasteiger partial charge on any atom is -0.481 e. The van der Waals surface area contributed by atoms with Gasteiger partial charge in [-0.2, -0.15) is 0 Å². The number of ketones is 1. The van der Waals surface area contributed by atoms with Gasteiger partial charge in [-0.05, 0) is 11.8 Å². The number of rotatable bonds is 4. The maximum Gasteiger partial charge on any atom is 0.216 e. The van der Waals surface area contributed by atoms with Gasteiger partial charge in [0.05, 0.1) is 7.11 Å². The number of nitrogens with zero attached hydrogens (tertiary/aromatic N) is 2. The predicted molar refractivity (Wildman–Crippen MR) is 61.6 cm³/mol. The van der Waals surface area contributed by atoms with Crippen molar-refractivity contribution in [3.05, 3.63) is 18.1 Å². The van der Waals surface area contributed by atoms with Gasteiger partial charge in [0.15, 0.2) is 5.78 Å². The Bertz CT molecular complexity index is 370. The molecule has 0 aliphatic rings. The molecule has 0 fully saturated rings. The summed E-state index contributed by atoms with van der Waals surface area (Å²) < 4.78 is 4.95. The molecule has 0 aliphatic carbocycles. The van der Waals surface area contributed by atoms with E-state index < -0.39 is 0 Å². The van der Waals surface area contributed by atoms with E-state index in [9.17, 15) is 4.79 Å². The molecular formula is C12H18N2O2. The van der Waals surface area contributed by atoms with Crippen LogP contribution in [-0.4, -0.2) is 22.9 Å². The van der Waals surface area contributed by atoms with Crippen LogP contribution < -0.4 is 4.74 Å². The van der Waals surface area contributed by atoms with Crippen LogP contribution in [0.3, 0.4) is 0 Å². The first kappa shape index (κ1) is 12.6. The summed E-state index contributed by atoms with van der Waals surface area (Å²) in [5, 5.41) is 0. The second-order valence-electron chi connectivity index (χ2n) is 4.93. The Hall–Kier alpha value is -1.45. The molecular weight excluding hydrogens is 204 g/mol. The number of aromatic nitrogens is 2. The zero-order valence-electron chi connectivity index (χ0n) is 10.3. The number of carbonyl (C=O) groups excluding carboxylic acids is 1. The molecule has 1 rings (SSSR count). The van der Waals surface area contributed by atoms with Gasteiger partial charge in [-0.15, -0.1) is 0 Å². The highest BCUT2D eigenvalue weighted by Gasteiger charge is 2.15. The van der Waals surface area contributed by atoms with Crippen molar-refractivity contribution >= 4 is 5.78 Å². The van der Waals surface area contributed by atoms with E-state index in [0.29, 0.717) is 18.0 Å². The molecule has 0 spiro atoms. The van der Waals surface area contributed by atoms with E-state index in [1.807, 2.05) is 0 Å². The number of hydrogen-bond acceptors (Lipinski definition) is 4. The molecule has 0 radical (unpaired) electrons. The van der Waals surface area contributed by atoms with Crippen LogP contribution in [0.15, 0.2) is 12.4 Å². The van der Waals surface area contributed by atoms with E-state index >= 15 is 0 Å². The molecule has 1 heterocycles. The molecule has 0 aromatic carbocycles. The van der Waals surface area contributed by atoms with Gasteiger partial charge in [0.1, 0.15) is 12.0 Å². The molecule has 0 amide bonds. The third-order valence-corrected chi connectivity index (χ3v) is 2.24. The molecule has 0 saturated heterocycles. The van der Waals surface area contributed by atoms with Crippen LogP contribution in [0.5, 0.6) is 5.88 Å². The number of ether oxygens (including phenoxy) is 1. The Kier molecular flexibility index (Phi) is 3.99. The van der Waals surface area contributed by atoms with Crippen LogP contribution in [0.4, 0.5) is 0 Å². The molecule has 4 nitrogen and oxygen atoms in total. The average molecular weight is 222 g/mol. The molecule has 4 heteroatoms. The van der Waals surface area contributed by atoms with E-state index in [1.54, 1.807) is 6.07 Å². The fourth-order valence-corrected chi connectivity index (χ4v) is 1.22. The lowest BCUT2D eigenvalue weighted by atomic mass is 9.89. The minimum atomic E-state index is 0.0376. The number of carbonyl (C=O) groups is 1. The first-order chi connectivity index (χ1) is 7.42. The zero-order valence-corrected chi connectivity index (χ0v) is 10.3. The van der Waals surface area contributed by atoms with E-state index in [-0.39, 0.29) is 11.2 Å². The topological polar surface area (TPSA) is 52.1 Å². The lowest BCUT2D eigenvalue weighted by Crippen LogP contribution is -2.10. The normalized spacial score (nSPS) is 11.2. The van der Waals surface area contributed by atoms with Gasteiger partial charge in [0.25, 0.3) is 0 Å². The summed E-state index contributed by atoms with van der Waals surface area (Å²) in [6.07, 6.45) is 2.70. The van der Waals surface area contributed by atoms with E-state index in [0.717, 1.165) is 6.42 Å². The monoisotopic (exact) mass is 222 g/mol. The highest BCUT2D eigenvalue weighted by atomic mass is 16.5. The van der Waals surface area contributed by atoms with E-state index in [4.69, 9.17) is 4.74 Å². The minimum absolute atomic E-state index is 0.0376.